The summed E-state index contributed by atoms with van der Waals surface area (Å²) in [5.74, 6) is 0. The largest absolute Gasteiger partial charge is 0.389 e. The minimum Gasteiger partial charge on any atom is -0.389 e. The molecule has 0 aromatic carbocycles. The minimum absolute atomic E-state index is 0.351. The van der Waals surface area contributed by atoms with Crippen LogP contribution >= 0.6 is 0 Å². The Morgan fingerprint density at radius 3 is 3.00 bits per heavy atom. The first kappa shape index (κ1) is 13.5. The molecule has 1 aliphatic carbocycles. The number of aliphatic hydroxyl groups excluding tert-OH is 1. The summed E-state index contributed by atoms with van der Waals surface area (Å²) in [4.78, 5) is 0. The Morgan fingerprint density at radius 1 is 1.44 bits per heavy atom. The zero-order valence-electron chi connectivity index (χ0n) is 10.7. The SMILES string of the molecule is OC(CNCc1ccon1)COC1CCCCC1. The van der Waals surface area contributed by atoms with E-state index < -0.39 is 6.10 Å². The fourth-order valence-electron chi connectivity index (χ4n) is 2.23. The van der Waals surface area contributed by atoms with Gasteiger partial charge in [0, 0.05) is 19.2 Å². The second kappa shape index (κ2) is 7.51. The van der Waals surface area contributed by atoms with Gasteiger partial charge in [0.1, 0.15) is 6.26 Å². The zero-order chi connectivity index (χ0) is 12.6. The smallest absolute Gasteiger partial charge is 0.124 e. The van der Waals surface area contributed by atoms with Crippen molar-refractivity contribution in [3.63, 3.8) is 0 Å². The molecule has 1 aromatic heterocycles. The third-order valence-corrected chi connectivity index (χ3v) is 3.25. The molecule has 0 radical (unpaired) electrons. The van der Waals surface area contributed by atoms with Gasteiger partial charge in [-0.05, 0) is 12.8 Å². The predicted octanol–water partition coefficient (Wildman–Crippen LogP) is 1.47. The normalized spacial score (nSPS) is 18.9. The van der Waals surface area contributed by atoms with Gasteiger partial charge in [0.05, 0.1) is 24.5 Å². The highest BCUT2D eigenvalue weighted by Gasteiger charge is 2.15. The molecule has 1 aromatic rings. The number of nitrogens with zero attached hydrogens (tertiary/aromatic N) is 1. The minimum atomic E-state index is -0.459. The van der Waals surface area contributed by atoms with Crippen molar-refractivity contribution in [1.82, 2.24) is 10.5 Å². The highest BCUT2D eigenvalue weighted by atomic mass is 16.5. The van der Waals surface area contributed by atoms with E-state index in [0.29, 0.717) is 25.8 Å². The van der Waals surface area contributed by atoms with Crippen LogP contribution in [0.3, 0.4) is 0 Å². The Hall–Kier alpha value is -0.910. The van der Waals surface area contributed by atoms with Crippen LogP contribution in [-0.4, -0.2) is 35.6 Å². The molecule has 5 heteroatoms. The number of aliphatic hydroxyl groups is 1. The number of hydrogen-bond acceptors (Lipinski definition) is 5. The Bertz CT molecular complexity index is 310. The lowest BCUT2D eigenvalue weighted by Gasteiger charge is -2.23. The molecular weight excluding hydrogens is 232 g/mol. The van der Waals surface area contributed by atoms with Gasteiger partial charge in [0.2, 0.25) is 0 Å². The van der Waals surface area contributed by atoms with Crippen molar-refractivity contribution < 1.29 is 14.4 Å². The van der Waals surface area contributed by atoms with Crippen LogP contribution < -0.4 is 5.32 Å². The van der Waals surface area contributed by atoms with Crippen LogP contribution in [0.5, 0.6) is 0 Å². The third kappa shape index (κ3) is 4.76. The maximum Gasteiger partial charge on any atom is 0.124 e. The molecule has 1 atom stereocenters. The van der Waals surface area contributed by atoms with Crippen molar-refractivity contribution in [3.8, 4) is 0 Å². The van der Waals surface area contributed by atoms with E-state index in [1.165, 1.54) is 19.3 Å². The second-order valence-electron chi connectivity index (χ2n) is 4.87. The highest BCUT2D eigenvalue weighted by Crippen LogP contribution is 2.20. The summed E-state index contributed by atoms with van der Waals surface area (Å²) in [6.45, 7) is 1.53. The van der Waals surface area contributed by atoms with Gasteiger partial charge in [-0.25, -0.2) is 0 Å². The van der Waals surface area contributed by atoms with Crippen molar-refractivity contribution in [2.24, 2.45) is 0 Å². The first-order valence-corrected chi connectivity index (χ1v) is 6.74. The Kier molecular flexibility index (Phi) is 5.64. The van der Waals surface area contributed by atoms with Crippen LogP contribution in [0.25, 0.3) is 0 Å². The van der Waals surface area contributed by atoms with Crippen LogP contribution in [-0.2, 0) is 11.3 Å². The molecule has 2 rings (SSSR count). The summed E-state index contributed by atoms with van der Waals surface area (Å²) < 4.78 is 10.4. The van der Waals surface area contributed by atoms with Crippen LogP contribution in [0, 0.1) is 0 Å². The average Bonchev–Trinajstić information content (AvgIpc) is 2.91. The van der Waals surface area contributed by atoms with E-state index in [-0.39, 0.29) is 0 Å². The summed E-state index contributed by atoms with van der Waals surface area (Å²) in [6, 6.07) is 1.80. The third-order valence-electron chi connectivity index (χ3n) is 3.25. The van der Waals surface area contributed by atoms with Crippen molar-refractivity contribution in [3.05, 3.63) is 18.0 Å². The van der Waals surface area contributed by atoms with Crippen molar-refractivity contribution in [2.75, 3.05) is 13.2 Å². The molecular formula is C13H22N2O3. The summed E-state index contributed by atoms with van der Waals surface area (Å²) in [6.07, 6.45) is 7.54. The maximum atomic E-state index is 9.78. The van der Waals surface area contributed by atoms with Gasteiger partial charge in [-0.1, -0.05) is 24.4 Å². The monoisotopic (exact) mass is 254 g/mol. The lowest BCUT2D eigenvalue weighted by atomic mass is 9.98. The molecule has 0 spiro atoms. The first-order valence-electron chi connectivity index (χ1n) is 6.74. The fraction of sp³-hybridized carbons (Fsp3) is 0.769. The first-order chi connectivity index (χ1) is 8.84. The van der Waals surface area contributed by atoms with E-state index in [0.717, 1.165) is 18.5 Å². The van der Waals surface area contributed by atoms with Crippen LogP contribution in [0.2, 0.25) is 0 Å². The maximum absolute atomic E-state index is 9.78. The van der Waals surface area contributed by atoms with Gasteiger partial charge in [-0.15, -0.1) is 0 Å². The number of nitrogens with one attached hydrogen (secondary N) is 1. The lowest BCUT2D eigenvalue weighted by Crippen LogP contribution is -2.32. The highest BCUT2D eigenvalue weighted by molar-refractivity contribution is 4.94. The molecule has 102 valence electrons. The molecule has 1 aliphatic rings. The van der Waals surface area contributed by atoms with Crippen LogP contribution in [0.1, 0.15) is 37.8 Å². The number of hydrogen-bond donors (Lipinski definition) is 2. The van der Waals surface area contributed by atoms with E-state index in [2.05, 4.69) is 10.5 Å². The zero-order valence-corrected chi connectivity index (χ0v) is 10.7. The van der Waals surface area contributed by atoms with E-state index in [9.17, 15) is 5.11 Å². The summed E-state index contributed by atoms with van der Waals surface area (Å²) in [5.41, 5.74) is 0.843. The van der Waals surface area contributed by atoms with Crippen LogP contribution in [0.15, 0.2) is 16.9 Å². The fourth-order valence-corrected chi connectivity index (χ4v) is 2.23. The van der Waals surface area contributed by atoms with E-state index in [4.69, 9.17) is 9.26 Å². The molecule has 1 saturated carbocycles. The number of ether oxygens (including phenoxy) is 1. The number of aromatic nitrogens is 1. The van der Waals surface area contributed by atoms with E-state index >= 15 is 0 Å². The van der Waals surface area contributed by atoms with Crippen molar-refractivity contribution in [2.45, 2.75) is 50.9 Å². The standard InChI is InChI=1S/C13H22N2O3/c16-12(9-14-8-11-6-7-18-15-11)10-17-13-4-2-1-3-5-13/h6-7,12-14,16H,1-5,8-10H2. The van der Waals surface area contributed by atoms with Crippen molar-refractivity contribution >= 4 is 0 Å². The van der Waals surface area contributed by atoms with Gasteiger partial charge in [-0.2, -0.15) is 0 Å². The lowest BCUT2D eigenvalue weighted by molar-refractivity contribution is -0.0230. The average molecular weight is 254 g/mol. The summed E-state index contributed by atoms with van der Waals surface area (Å²) in [5, 5.41) is 16.7. The predicted molar refractivity (Wildman–Crippen MR) is 67.0 cm³/mol. The molecule has 0 amide bonds. The van der Waals surface area contributed by atoms with Gasteiger partial charge in [0.25, 0.3) is 0 Å². The quantitative estimate of drug-likeness (QED) is 0.771. The Morgan fingerprint density at radius 2 is 2.28 bits per heavy atom. The summed E-state index contributed by atoms with van der Waals surface area (Å²) >= 11 is 0. The number of rotatable bonds is 7. The molecule has 1 fully saturated rings. The molecule has 18 heavy (non-hydrogen) atoms. The van der Waals surface area contributed by atoms with E-state index in [1.54, 1.807) is 12.3 Å². The molecule has 1 unspecified atom stereocenters. The topological polar surface area (TPSA) is 67.5 Å². The van der Waals surface area contributed by atoms with E-state index in [1.807, 2.05) is 0 Å². The molecule has 0 aliphatic heterocycles. The Balaban J connectivity index is 1.53. The van der Waals surface area contributed by atoms with Gasteiger partial charge >= 0.3 is 0 Å². The van der Waals surface area contributed by atoms with Crippen LogP contribution in [0.4, 0.5) is 0 Å². The molecule has 1 heterocycles. The molecule has 5 nitrogen and oxygen atoms in total. The molecule has 0 bridgehead atoms. The molecule has 2 N–H and O–H groups in total. The van der Waals surface area contributed by atoms with Gasteiger partial charge in [-0.3, -0.25) is 0 Å². The summed E-state index contributed by atoms with van der Waals surface area (Å²) in [7, 11) is 0. The van der Waals surface area contributed by atoms with Crippen molar-refractivity contribution in [1.29, 1.82) is 0 Å². The second-order valence-corrected chi connectivity index (χ2v) is 4.87. The Labute approximate surface area is 107 Å². The van der Waals surface area contributed by atoms with Gasteiger partial charge < -0.3 is 19.7 Å². The van der Waals surface area contributed by atoms with Gasteiger partial charge in [0.15, 0.2) is 0 Å². The molecule has 0 saturated heterocycles.